The Kier molecular flexibility index (Phi) is 12.7. The average molecular weight is 505 g/mol. The molecule has 0 heterocycles. The summed E-state index contributed by atoms with van der Waals surface area (Å²) in [6.45, 7) is 8.05. The van der Waals surface area contributed by atoms with Crippen molar-refractivity contribution in [3.8, 4) is 0 Å². The number of benzene rings is 2. The third-order valence-electron chi connectivity index (χ3n) is 5.50. The van der Waals surface area contributed by atoms with Gasteiger partial charge in [0, 0.05) is 0 Å². The van der Waals surface area contributed by atoms with E-state index < -0.39 is 13.2 Å². The summed E-state index contributed by atoms with van der Waals surface area (Å²) in [6, 6.07) is 18.9. The van der Waals surface area contributed by atoms with Gasteiger partial charge in [0.05, 0.1) is 32.3 Å². The first kappa shape index (κ1) is 29.3. The Morgan fingerprint density at radius 2 is 1.40 bits per heavy atom. The standard InChI is InChI=1S/C28H41O6P/c1-5-6-7-10-15-24(2)34-27(29)20-28(3,4)23-33-35(30,31-21-25-16-11-8-12-17-25)32-22-26-18-13-9-14-19-26/h8-9,11-14,16-19,24H,5-7,10,15,20-23H2,1-4H3. The number of rotatable bonds is 17. The number of phosphoric ester groups is 1. The topological polar surface area (TPSA) is 71.1 Å². The van der Waals surface area contributed by atoms with E-state index in [-0.39, 0.29) is 38.3 Å². The van der Waals surface area contributed by atoms with E-state index in [1.54, 1.807) is 0 Å². The molecule has 2 aromatic rings. The monoisotopic (exact) mass is 504 g/mol. The molecule has 0 fully saturated rings. The van der Waals surface area contributed by atoms with Crippen molar-refractivity contribution in [3.63, 3.8) is 0 Å². The molecule has 0 aliphatic heterocycles. The Morgan fingerprint density at radius 1 is 0.857 bits per heavy atom. The lowest BCUT2D eigenvalue weighted by molar-refractivity contribution is -0.151. The quantitative estimate of drug-likeness (QED) is 0.124. The Bertz CT molecular complexity index is 853. The van der Waals surface area contributed by atoms with Crippen molar-refractivity contribution in [2.75, 3.05) is 6.61 Å². The molecule has 2 aromatic carbocycles. The molecule has 7 heteroatoms. The lowest BCUT2D eigenvalue weighted by Crippen LogP contribution is -2.26. The Morgan fingerprint density at radius 3 is 1.91 bits per heavy atom. The summed E-state index contributed by atoms with van der Waals surface area (Å²) in [6.07, 6.45) is 5.46. The highest BCUT2D eigenvalue weighted by Gasteiger charge is 2.33. The minimum Gasteiger partial charge on any atom is -0.463 e. The second kappa shape index (κ2) is 15.2. The molecule has 2 rings (SSSR count). The number of carbonyl (C=O) groups is 1. The van der Waals surface area contributed by atoms with Gasteiger partial charge in [0.1, 0.15) is 0 Å². The van der Waals surface area contributed by atoms with Gasteiger partial charge in [-0.15, -0.1) is 0 Å². The van der Waals surface area contributed by atoms with E-state index in [0.717, 1.165) is 30.4 Å². The number of unbranched alkanes of at least 4 members (excludes halogenated alkanes) is 3. The minimum atomic E-state index is -3.89. The van der Waals surface area contributed by atoms with Gasteiger partial charge >= 0.3 is 13.8 Å². The maximum atomic E-state index is 13.5. The number of carbonyl (C=O) groups excluding carboxylic acids is 1. The van der Waals surface area contributed by atoms with Crippen LogP contribution in [0.1, 0.15) is 77.3 Å². The molecule has 0 bridgehead atoms. The Hall–Kier alpha value is -1.98. The van der Waals surface area contributed by atoms with Crippen LogP contribution < -0.4 is 0 Å². The molecule has 0 saturated heterocycles. The molecule has 194 valence electrons. The fraction of sp³-hybridized carbons (Fsp3) is 0.536. The molecule has 0 saturated carbocycles. The fourth-order valence-corrected chi connectivity index (χ4v) is 4.79. The Labute approximate surface area is 210 Å². The number of esters is 1. The normalized spacial score (nSPS) is 12.9. The number of hydrogen-bond acceptors (Lipinski definition) is 6. The van der Waals surface area contributed by atoms with Crippen LogP contribution in [0.4, 0.5) is 0 Å². The zero-order valence-corrected chi connectivity index (χ0v) is 22.5. The summed E-state index contributed by atoms with van der Waals surface area (Å²) in [4.78, 5) is 12.5. The van der Waals surface area contributed by atoms with Crippen molar-refractivity contribution in [1.82, 2.24) is 0 Å². The van der Waals surface area contributed by atoms with Gasteiger partial charge in [-0.2, -0.15) is 0 Å². The van der Waals surface area contributed by atoms with Crippen LogP contribution in [0.3, 0.4) is 0 Å². The fourth-order valence-electron chi connectivity index (χ4n) is 3.45. The van der Waals surface area contributed by atoms with Crippen molar-refractivity contribution in [2.24, 2.45) is 5.41 Å². The van der Waals surface area contributed by atoms with Crippen LogP contribution in [0, 0.1) is 5.41 Å². The first-order valence-corrected chi connectivity index (χ1v) is 14.0. The second-order valence-electron chi connectivity index (χ2n) is 9.73. The highest BCUT2D eigenvalue weighted by molar-refractivity contribution is 7.48. The van der Waals surface area contributed by atoms with Crippen LogP contribution in [-0.2, 0) is 40.9 Å². The second-order valence-corrected chi connectivity index (χ2v) is 11.4. The molecule has 1 unspecified atom stereocenters. The first-order chi connectivity index (χ1) is 16.7. The van der Waals surface area contributed by atoms with Crippen LogP contribution in [0.25, 0.3) is 0 Å². The molecule has 0 radical (unpaired) electrons. The van der Waals surface area contributed by atoms with Gasteiger partial charge in [-0.3, -0.25) is 18.4 Å². The van der Waals surface area contributed by atoms with Gasteiger partial charge in [0.15, 0.2) is 0 Å². The smallest absolute Gasteiger partial charge is 0.463 e. The third kappa shape index (κ3) is 12.5. The maximum absolute atomic E-state index is 13.5. The average Bonchev–Trinajstić information content (AvgIpc) is 2.84. The van der Waals surface area contributed by atoms with Crippen molar-refractivity contribution < 1.29 is 27.7 Å². The zero-order chi connectivity index (χ0) is 25.6. The molecule has 0 aliphatic rings. The Balaban J connectivity index is 1.91. The number of phosphoric acid groups is 1. The number of hydrogen-bond donors (Lipinski definition) is 0. The van der Waals surface area contributed by atoms with Crippen LogP contribution in [-0.4, -0.2) is 18.7 Å². The summed E-state index contributed by atoms with van der Waals surface area (Å²) in [7, 11) is -3.89. The SMILES string of the molecule is CCCCCCC(C)OC(=O)CC(C)(C)COP(=O)(OCc1ccccc1)OCc1ccccc1. The molecule has 6 nitrogen and oxygen atoms in total. The lowest BCUT2D eigenvalue weighted by Gasteiger charge is -2.27. The van der Waals surface area contributed by atoms with Crippen molar-refractivity contribution in [2.45, 2.75) is 85.5 Å². The summed E-state index contributed by atoms with van der Waals surface area (Å²) >= 11 is 0. The summed E-state index contributed by atoms with van der Waals surface area (Å²) in [5, 5.41) is 0. The van der Waals surface area contributed by atoms with E-state index >= 15 is 0 Å². The summed E-state index contributed by atoms with van der Waals surface area (Å²) in [5.74, 6) is -0.285. The van der Waals surface area contributed by atoms with E-state index in [1.807, 2.05) is 81.4 Å². The molecule has 0 amide bonds. The van der Waals surface area contributed by atoms with E-state index in [1.165, 1.54) is 12.8 Å². The maximum Gasteiger partial charge on any atom is 0.475 e. The van der Waals surface area contributed by atoms with Gasteiger partial charge in [-0.05, 0) is 36.3 Å². The molecule has 0 aliphatic carbocycles. The van der Waals surface area contributed by atoms with Crippen molar-refractivity contribution in [1.29, 1.82) is 0 Å². The highest BCUT2D eigenvalue weighted by atomic mass is 31.2. The van der Waals surface area contributed by atoms with E-state index in [4.69, 9.17) is 18.3 Å². The predicted molar refractivity (Wildman–Crippen MR) is 139 cm³/mol. The van der Waals surface area contributed by atoms with Crippen LogP contribution >= 0.6 is 7.82 Å². The highest BCUT2D eigenvalue weighted by Crippen LogP contribution is 2.52. The molecule has 1 atom stereocenters. The van der Waals surface area contributed by atoms with Gasteiger partial charge in [0.2, 0.25) is 0 Å². The summed E-state index contributed by atoms with van der Waals surface area (Å²) < 4.78 is 36.1. The zero-order valence-electron chi connectivity index (χ0n) is 21.6. The first-order valence-electron chi connectivity index (χ1n) is 12.5. The predicted octanol–water partition coefficient (Wildman–Crippen LogP) is 7.86. The van der Waals surface area contributed by atoms with Gasteiger partial charge in [0.25, 0.3) is 0 Å². The summed E-state index contributed by atoms with van der Waals surface area (Å²) in [5.41, 5.74) is 1.10. The lowest BCUT2D eigenvalue weighted by atomic mass is 9.91. The van der Waals surface area contributed by atoms with Gasteiger partial charge in [-0.25, -0.2) is 4.57 Å². The van der Waals surface area contributed by atoms with Gasteiger partial charge in [-0.1, -0.05) is 101 Å². The molecular weight excluding hydrogens is 463 g/mol. The molecular formula is C28H41O6P. The molecule has 0 N–H and O–H groups in total. The largest absolute Gasteiger partial charge is 0.475 e. The van der Waals surface area contributed by atoms with Crippen LogP contribution in [0.5, 0.6) is 0 Å². The third-order valence-corrected chi connectivity index (χ3v) is 6.83. The van der Waals surface area contributed by atoms with Crippen molar-refractivity contribution in [3.05, 3.63) is 71.8 Å². The minimum absolute atomic E-state index is 0.0217. The van der Waals surface area contributed by atoms with E-state index in [2.05, 4.69) is 6.92 Å². The number of ether oxygens (including phenoxy) is 1. The van der Waals surface area contributed by atoms with Crippen LogP contribution in [0.2, 0.25) is 0 Å². The van der Waals surface area contributed by atoms with Crippen molar-refractivity contribution >= 4 is 13.8 Å². The molecule has 0 aromatic heterocycles. The molecule has 0 spiro atoms. The van der Waals surface area contributed by atoms with Gasteiger partial charge < -0.3 is 4.74 Å². The van der Waals surface area contributed by atoms with E-state index in [0.29, 0.717) is 0 Å². The molecule has 35 heavy (non-hydrogen) atoms. The van der Waals surface area contributed by atoms with Crippen LogP contribution in [0.15, 0.2) is 60.7 Å². The van der Waals surface area contributed by atoms with E-state index in [9.17, 15) is 9.36 Å².